The van der Waals surface area contributed by atoms with Crippen LogP contribution in [0, 0.1) is 12.8 Å². The number of rotatable bonds is 6. The predicted molar refractivity (Wildman–Crippen MR) is 78.2 cm³/mol. The van der Waals surface area contributed by atoms with E-state index in [1.807, 2.05) is 26.2 Å². The third-order valence-electron chi connectivity index (χ3n) is 4.17. The van der Waals surface area contributed by atoms with Crippen molar-refractivity contribution >= 4 is 11.6 Å². The molecule has 1 saturated carbocycles. The highest BCUT2D eigenvalue weighted by molar-refractivity contribution is 5.86. The third kappa shape index (κ3) is 2.59. The second kappa shape index (κ2) is 5.21. The molecule has 1 aromatic rings. The minimum absolute atomic E-state index is 0.252. The number of likely N-dealkylation sites (N-methyl/N-ethyl adjacent to an activating group) is 2. The molecule has 1 fully saturated rings. The number of nitrogens with one attached hydrogen (secondary N) is 1. The Labute approximate surface area is 115 Å². The van der Waals surface area contributed by atoms with E-state index in [0.29, 0.717) is 12.5 Å². The second-order valence-corrected chi connectivity index (χ2v) is 5.50. The van der Waals surface area contributed by atoms with Crippen molar-refractivity contribution in [2.75, 3.05) is 25.5 Å². The van der Waals surface area contributed by atoms with Crippen molar-refractivity contribution in [3.8, 4) is 0 Å². The molecule has 0 aliphatic heterocycles. The van der Waals surface area contributed by atoms with Crippen LogP contribution in [0.25, 0.3) is 0 Å². The molecule has 0 radical (unpaired) electrons. The molecule has 0 heterocycles. The van der Waals surface area contributed by atoms with Crippen LogP contribution in [0.5, 0.6) is 0 Å². The molecule has 19 heavy (non-hydrogen) atoms. The molecule has 104 valence electrons. The van der Waals surface area contributed by atoms with E-state index in [1.54, 1.807) is 0 Å². The van der Waals surface area contributed by atoms with Gasteiger partial charge in [0, 0.05) is 19.3 Å². The van der Waals surface area contributed by atoms with Crippen LogP contribution in [0.2, 0.25) is 0 Å². The summed E-state index contributed by atoms with van der Waals surface area (Å²) in [7, 11) is 3.84. The largest absolute Gasteiger partial charge is 0.372 e. The average Bonchev–Trinajstić information content (AvgIpc) is 3.20. The zero-order valence-electron chi connectivity index (χ0n) is 11.9. The van der Waals surface area contributed by atoms with Crippen molar-refractivity contribution in [1.29, 1.82) is 0 Å². The summed E-state index contributed by atoms with van der Waals surface area (Å²) in [6, 6.07) is 8.19. The Balaban J connectivity index is 2.22. The van der Waals surface area contributed by atoms with Gasteiger partial charge in [-0.3, -0.25) is 4.79 Å². The average molecular weight is 261 g/mol. The lowest BCUT2D eigenvalue weighted by atomic mass is 9.91. The van der Waals surface area contributed by atoms with Gasteiger partial charge in [0.15, 0.2) is 0 Å². The van der Waals surface area contributed by atoms with E-state index in [9.17, 15) is 4.79 Å². The van der Waals surface area contributed by atoms with Crippen molar-refractivity contribution in [2.45, 2.75) is 25.3 Å². The molecule has 2 rings (SSSR count). The summed E-state index contributed by atoms with van der Waals surface area (Å²) in [6.45, 7) is 2.68. The van der Waals surface area contributed by atoms with Gasteiger partial charge in [0.25, 0.3) is 0 Å². The van der Waals surface area contributed by atoms with Crippen molar-refractivity contribution in [3.05, 3.63) is 29.8 Å². The van der Waals surface area contributed by atoms with Crippen molar-refractivity contribution in [2.24, 2.45) is 11.7 Å². The van der Waals surface area contributed by atoms with Gasteiger partial charge in [-0.25, -0.2) is 0 Å². The predicted octanol–water partition coefficient (Wildman–Crippen LogP) is 1.28. The maximum atomic E-state index is 11.9. The summed E-state index contributed by atoms with van der Waals surface area (Å²) in [5.41, 5.74) is 7.39. The number of primary amides is 1. The van der Waals surface area contributed by atoms with Crippen molar-refractivity contribution in [3.63, 3.8) is 0 Å². The fourth-order valence-corrected chi connectivity index (χ4v) is 2.84. The molecule has 3 N–H and O–H groups in total. The highest BCUT2D eigenvalue weighted by Crippen LogP contribution is 2.40. The molecule has 1 aliphatic rings. The number of para-hydroxylation sites is 1. The number of nitrogens with zero attached hydrogens (tertiary/aromatic N) is 1. The Morgan fingerprint density at radius 3 is 2.58 bits per heavy atom. The van der Waals surface area contributed by atoms with Gasteiger partial charge in [-0.15, -0.1) is 0 Å². The minimum atomic E-state index is -0.614. The Kier molecular flexibility index (Phi) is 3.80. The van der Waals surface area contributed by atoms with E-state index < -0.39 is 5.54 Å². The number of amides is 1. The highest BCUT2D eigenvalue weighted by Gasteiger charge is 2.49. The van der Waals surface area contributed by atoms with Crippen molar-refractivity contribution < 1.29 is 4.79 Å². The molecule has 0 spiro atoms. The summed E-state index contributed by atoms with van der Waals surface area (Å²) < 4.78 is 0. The highest BCUT2D eigenvalue weighted by atomic mass is 16.1. The molecular weight excluding hydrogens is 238 g/mol. The van der Waals surface area contributed by atoms with Gasteiger partial charge in [-0.2, -0.15) is 0 Å². The fraction of sp³-hybridized carbons (Fsp3) is 0.533. The fourth-order valence-electron chi connectivity index (χ4n) is 2.84. The Bertz CT molecular complexity index is 470. The summed E-state index contributed by atoms with van der Waals surface area (Å²) >= 11 is 0. The van der Waals surface area contributed by atoms with E-state index in [1.165, 1.54) is 5.56 Å². The van der Waals surface area contributed by atoms with Crippen LogP contribution in [0.4, 0.5) is 5.69 Å². The first-order valence-corrected chi connectivity index (χ1v) is 6.77. The smallest absolute Gasteiger partial charge is 0.239 e. The van der Waals surface area contributed by atoms with Gasteiger partial charge in [0.2, 0.25) is 5.91 Å². The summed E-state index contributed by atoms with van der Waals surface area (Å²) in [5.74, 6) is 0.111. The van der Waals surface area contributed by atoms with E-state index in [-0.39, 0.29) is 5.91 Å². The molecule has 1 atom stereocenters. The van der Waals surface area contributed by atoms with Crippen LogP contribution in [-0.4, -0.2) is 32.1 Å². The molecule has 0 saturated heterocycles. The lowest BCUT2D eigenvalue weighted by Gasteiger charge is -2.36. The molecule has 4 heteroatoms. The zero-order chi connectivity index (χ0) is 14.0. The number of nitrogens with two attached hydrogens (primary N) is 1. The number of carbonyl (C=O) groups excluding carboxylic acids is 1. The van der Waals surface area contributed by atoms with E-state index >= 15 is 0 Å². The first kappa shape index (κ1) is 13.9. The summed E-state index contributed by atoms with van der Waals surface area (Å²) in [6.07, 6.45) is 2.15. The number of benzene rings is 1. The van der Waals surface area contributed by atoms with Gasteiger partial charge < -0.3 is 16.0 Å². The number of hydrogen-bond acceptors (Lipinski definition) is 3. The minimum Gasteiger partial charge on any atom is -0.372 e. The molecule has 0 bridgehead atoms. The number of carbonyl (C=O) groups is 1. The third-order valence-corrected chi connectivity index (χ3v) is 4.17. The number of hydrogen-bond donors (Lipinski definition) is 2. The number of aryl methyl sites for hydroxylation is 1. The molecular formula is C15H23N3O. The second-order valence-electron chi connectivity index (χ2n) is 5.50. The van der Waals surface area contributed by atoms with Crippen LogP contribution < -0.4 is 16.0 Å². The maximum Gasteiger partial charge on any atom is 0.239 e. The molecule has 0 aromatic heterocycles. The van der Waals surface area contributed by atoms with Gasteiger partial charge >= 0.3 is 0 Å². The first-order valence-electron chi connectivity index (χ1n) is 6.77. The van der Waals surface area contributed by atoms with Crippen LogP contribution in [-0.2, 0) is 4.79 Å². The monoisotopic (exact) mass is 261 g/mol. The number of anilines is 1. The summed E-state index contributed by atoms with van der Waals surface area (Å²) in [5, 5.41) is 3.18. The van der Waals surface area contributed by atoms with Crippen LogP contribution in [0.15, 0.2) is 24.3 Å². The Morgan fingerprint density at radius 1 is 1.47 bits per heavy atom. The molecule has 1 aliphatic carbocycles. The topological polar surface area (TPSA) is 58.4 Å². The maximum absolute atomic E-state index is 11.9. The normalized spacial score (nSPS) is 17.8. The Morgan fingerprint density at radius 2 is 2.11 bits per heavy atom. The first-order chi connectivity index (χ1) is 9.01. The lowest BCUT2D eigenvalue weighted by molar-refractivity contribution is -0.124. The molecule has 1 aromatic carbocycles. The van der Waals surface area contributed by atoms with E-state index in [2.05, 4.69) is 29.3 Å². The van der Waals surface area contributed by atoms with Gasteiger partial charge in [-0.1, -0.05) is 18.2 Å². The Hall–Kier alpha value is -1.55. The molecule has 1 unspecified atom stereocenters. The molecule has 4 nitrogen and oxygen atoms in total. The summed E-state index contributed by atoms with van der Waals surface area (Å²) in [4.78, 5) is 14.0. The quantitative estimate of drug-likeness (QED) is 0.811. The molecule has 1 amide bonds. The standard InChI is InChI=1S/C15H23N3O/c1-11-6-4-5-7-13(11)18(3)10-15(17-2,14(16)19)12-8-9-12/h4-7,12,17H,8-10H2,1-3H3,(H2,16,19). The van der Waals surface area contributed by atoms with Gasteiger partial charge in [-0.05, 0) is 44.4 Å². The van der Waals surface area contributed by atoms with Crippen LogP contribution >= 0.6 is 0 Å². The van der Waals surface area contributed by atoms with Crippen LogP contribution in [0.3, 0.4) is 0 Å². The lowest BCUT2D eigenvalue weighted by Crippen LogP contribution is -2.61. The van der Waals surface area contributed by atoms with Gasteiger partial charge in [0.05, 0.1) is 0 Å². The van der Waals surface area contributed by atoms with Crippen LogP contribution in [0.1, 0.15) is 18.4 Å². The van der Waals surface area contributed by atoms with E-state index in [4.69, 9.17) is 5.73 Å². The van der Waals surface area contributed by atoms with Gasteiger partial charge in [0.1, 0.15) is 5.54 Å². The SMILES string of the molecule is CNC(CN(C)c1ccccc1C)(C(N)=O)C1CC1. The zero-order valence-corrected chi connectivity index (χ0v) is 11.9. The van der Waals surface area contributed by atoms with E-state index in [0.717, 1.165) is 18.5 Å². The van der Waals surface area contributed by atoms with Crippen molar-refractivity contribution in [1.82, 2.24) is 5.32 Å².